The number of carbonyl (C=O) groups is 6. The first-order valence-corrected chi connectivity index (χ1v) is 31.3. The van der Waals surface area contributed by atoms with Gasteiger partial charge in [0.1, 0.15) is 0 Å². The number of rotatable bonds is 58. The van der Waals surface area contributed by atoms with Gasteiger partial charge in [-0.15, -0.1) is 0 Å². The summed E-state index contributed by atoms with van der Waals surface area (Å²) in [5, 5.41) is 11.2. The zero-order valence-corrected chi connectivity index (χ0v) is 49.9. The van der Waals surface area contributed by atoms with Crippen LogP contribution < -0.4 is 0 Å². The second-order valence-electron chi connectivity index (χ2n) is 21.7. The first kappa shape index (κ1) is 73.7. The van der Waals surface area contributed by atoms with Crippen LogP contribution in [0.2, 0.25) is 0 Å². The molecule has 2 atom stereocenters. The first-order chi connectivity index (χ1) is 37.4. The highest BCUT2D eigenvalue weighted by atomic mass is 16.6. The minimum Gasteiger partial charge on any atom is -0.466 e. The lowest BCUT2D eigenvalue weighted by atomic mass is 9.94. The number of esters is 6. The minimum atomic E-state index is -2.16. The highest BCUT2D eigenvalue weighted by Gasteiger charge is 2.48. The van der Waals surface area contributed by atoms with E-state index in [9.17, 15) is 33.9 Å². The summed E-state index contributed by atoms with van der Waals surface area (Å²) in [5.74, 6) is -2.69. The molecule has 15 heteroatoms. The van der Waals surface area contributed by atoms with Crippen LogP contribution in [-0.4, -0.2) is 118 Å². The van der Waals surface area contributed by atoms with Gasteiger partial charge in [-0.2, -0.15) is 0 Å². The van der Waals surface area contributed by atoms with Gasteiger partial charge in [-0.1, -0.05) is 194 Å². The molecule has 0 heterocycles. The van der Waals surface area contributed by atoms with Crippen molar-refractivity contribution in [3.63, 3.8) is 0 Å². The van der Waals surface area contributed by atoms with Crippen LogP contribution in [0.4, 0.5) is 0 Å². The minimum absolute atomic E-state index is 0.0465. The maximum atomic E-state index is 14.1. The van der Waals surface area contributed by atoms with Crippen molar-refractivity contribution in [3.05, 3.63) is 0 Å². The van der Waals surface area contributed by atoms with Crippen molar-refractivity contribution < 1.29 is 67.0 Å². The maximum absolute atomic E-state index is 14.1. The van der Waals surface area contributed by atoms with E-state index >= 15 is 0 Å². The van der Waals surface area contributed by atoms with Gasteiger partial charge in [0.15, 0.2) is 6.29 Å². The van der Waals surface area contributed by atoms with E-state index in [2.05, 4.69) is 20.8 Å². The Bertz CT molecular complexity index is 1430. The summed E-state index contributed by atoms with van der Waals surface area (Å²) in [7, 11) is 3.62. The van der Waals surface area contributed by atoms with Crippen molar-refractivity contribution in [2.45, 2.75) is 302 Å². The molecule has 0 fully saturated rings. The second kappa shape index (κ2) is 54.6. The fourth-order valence-electron chi connectivity index (χ4n) is 8.92. The lowest BCUT2D eigenvalue weighted by Crippen LogP contribution is -2.49. The molecule has 0 saturated heterocycles. The third kappa shape index (κ3) is 49.5. The normalized spacial score (nSPS) is 12.5. The van der Waals surface area contributed by atoms with Crippen molar-refractivity contribution in [2.24, 2.45) is 0 Å². The van der Waals surface area contributed by atoms with E-state index in [4.69, 9.17) is 33.2 Å². The number of aliphatic hydroxyl groups is 1. The van der Waals surface area contributed by atoms with Gasteiger partial charge < -0.3 is 43.2 Å². The van der Waals surface area contributed by atoms with Gasteiger partial charge in [0, 0.05) is 38.8 Å². The molecule has 1 N–H and O–H groups in total. The third-order valence-corrected chi connectivity index (χ3v) is 13.8. The SMILES string of the molecule is CCCCCCCC(=O)OCCCCCCCCCOC(=O)CC(CC(O)OCCCCCCCCCOC(=O)CCCCCCC)(OC(=O)CCN(C)C)C(=O)OCCCCCCCCCOC(=O)CCCCCCC. The predicted molar refractivity (Wildman–Crippen MR) is 305 cm³/mol. The Labute approximate surface area is 468 Å². The van der Waals surface area contributed by atoms with Crippen LogP contribution in [0.1, 0.15) is 290 Å². The van der Waals surface area contributed by atoms with E-state index in [-0.39, 0.29) is 44.1 Å². The molecule has 0 saturated carbocycles. The Kier molecular flexibility index (Phi) is 52.3. The van der Waals surface area contributed by atoms with E-state index in [1.807, 2.05) is 19.0 Å². The Morgan fingerprint density at radius 3 is 1.01 bits per heavy atom. The molecule has 0 amide bonds. The number of unbranched alkanes of at least 4 members (excludes halogenated alkanes) is 30. The predicted octanol–water partition coefficient (Wildman–Crippen LogP) is 14.3. The zero-order chi connectivity index (χ0) is 56.7. The molecular formula is C62H115NO14. The third-order valence-electron chi connectivity index (χ3n) is 13.8. The molecule has 0 radical (unpaired) electrons. The van der Waals surface area contributed by atoms with Crippen LogP contribution in [0.5, 0.6) is 0 Å². The largest absolute Gasteiger partial charge is 0.466 e. The molecule has 77 heavy (non-hydrogen) atoms. The van der Waals surface area contributed by atoms with E-state index in [0.29, 0.717) is 64.9 Å². The summed E-state index contributed by atoms with van der Waals surface area (Å²) in [6.07, 6.45) is 34.0. The zero-order valence-electron chi connectivity index (χ0n) is 49.9. The van der Waals surface area contributed by atoms with Gasteiger partial charge in [-0.3, -0.25) is 24.0 Å². The standard InChI is InChI=1S/C62H115NO14/c1-6-9-12-24-33-42-55(64)71-47-36-27-18-15-21-30-39-50-74-59(68)53-62(77-58(67)45-46-63(4)5,61(70)76-52-41-32-23-17-20-29-38-49-73-57(66)44-35-26-14-11-8-3)54-60(69)75-51-40-31-22-16-19-28-37-48-72-56(65)43-34-25-13-10-7-2/h59,68H,6-54H2,1-5H3. The fraction of sp³-hybridized carbons (Fsp3) is 0.903. The van der Waals surface area contributed by atoms with Crippen molar-refractivity contribution in [2.75, 3.05) is 60.3 Å². The molecule has 0 spiro atoms. The topological polar surface area (TPSA) is 190 Å². The summed E-state index contributed by atoms with van der Waals surface area (Å²) in [4.78, 5) is 78.8. The van der Waals surface area contributed by atoms with Gasteiger partial charge in [0.05, 0.1) is 45.9 Å². The van der Waals surface area contributed by atoms with Crippen molar-refractivity contribution in [1.82, 2.24) is 4.90 Å². The highest BCUT2D eigenvalue weighted by molar-refractivity contribution is 5.88. The molecule has 0 aromatic rings. The maximum Gasteiger partial charge on any atom is 0.351 e. The molecule has 15 nitrogen and oxygen atoms in total. The average molecular weight is 1100 g/mol. The fourth-order valence-corrected chi connectivity index (χ4v) is 8.92. The molecule has 0 aliphatic heterocycles. The second-order valence-corrected chi connectivity index (χ2v) is 21.7. The van der Waals surface area contributed by atoms with E-state index < -0.39 is 42.6 Å². The molecule has 0 bridgehead atoms. The molecule has 452 valence electrons. The number of ether oxygens (including phenoxy) is 7. The Balaban J connectivity index is 5.19. The lowest BCUT2D eigenvalue weighted by molar-refractivity contribution is -0.202. The summed E-state index contributed by atoms with van der Waals surface area (Å²) >= 11 is 0. The van der Waals surface area contributed by atoms with Gasteiger partial charge in [0.25, 0.3) is 0 Å². The Hall–Kier alpha value is -3.30. The van der Waals surface area contributed by atoms with E-state index in [1.165, 1.54) is 44.9 Å². The van der Waals surface area contributed by atoms with Crippen LogP contribution in [0.3, 0.4) is 0 Å². The number of carbonyl (C=O) groups excluding carboxylic acids is 6. The number of aliphatic hydroxyl groups excluding tert-OH is 1. The van der Waals surface area contributed by atoms with Gasteiger partial charge in [-0.05, 0) is 71.9 Å². The molecule has 0 aromatic carbocycles. The summed E-state index contributed by atoms with van der Waals surface area (Å²) in [6, 6.07) is 0. The van der Waals surface area contributed by atoms with Crippen LogP contribution in [0.15, 0.2) is 0 Å². The van der Waals surface area contributed by atoms with E-state index in [1.54, 1.807) is 0 Å². The molecule has 2 unspecified atom stereocenters. The molecule has 0 aliphatic carbocycles. The number of hydrogen-bond acceptors (Lipinski definition) is 15. The lowest BCUT2D eigenvalue weighted by Gasteiger charge is -2.32. The summed E-state index contributed by atoms with van der Waals surface area (Å²) in [5.41, 5.74) is -2.16. The Morgan fingerprint density at radius 2 is 0.662 bits per heavy atom. The summed E-state index contributed by atoms with van der Waals surface area (Å²) < 4.78 is 39.2. The average Bonchev–Trinajstić information content (AvgIpc) is 3.40. The molecule has 0 aromatic heterocycles. The smallest absolute Gasteiger partial charge is 0.351 e. The van der Waals surface area contributed by atoms with Crippen LogP contribution in [0.25, 0.3) is 0 Å². The highest BCUT2D eigenvalue weighted by Crippen LogP contribution is 2.28. The monoisotopic (exact) mass is 1100 g/mol. The molecule has 0 rings (SSSR count). The van der Waals surface area contributed by atoms with Gasteiger partial charge in [-0.25, -0.2) is 4.79 Å². The van der Waals surface area contributed by atoms with Crippen molar-refractivity contribution in [3.8, 4) is 0 Å². The van der Waals surface area contributed by atoms with Crippen LogP contribution in [-0.2, 0) is 61.9 Å². The van der Waals surface area contributed by atoms with Gasteiger partial charge in [0.2, 0.25) is 5.60 Å². The first-order valence-electron chi connectivity index (χ1n) is 31.3. The summed E-state index contributed by atoms with van der Waals surface area (Å²) in [6.45, 7) is 8.61. The molecule has 0 aliphatic rings. The number of hydrogen-bond donors (Lipinski definition) is 1. The van der Waals surface area contributed by atoms with E-state index in [0.717, 1.165) is 167 Å². The quantitative estimate of drug-likeness (QED) is 0.0262. The van der Waals surface area contributed by atoms with Crippen molar-refractivity contribution in [1.29, 1.82) is 0 Å². The Morgan fingerprint density at radius 1 is 0.364 bits per heavy atom. The molecular weight excluding hydrogens is 983 g/mol. The van der Waals surface area contributed by atoms with Gasteiger partial charge >= 0.3 is 35.8 Å². The number of nitrogens with zero attached hydrogens (tertiary/aromatic N) is 1. The van der Waals surface area contributed by atoms with Crippen molar-refractivity contribution >= 4 is 35.8 Å². The van der Waals surface area contributed by atoms with Crippen LogP contribution in [0, 0.1) is 0 Å². The van der Waals surface area contributed by atoms with Crippen LogP contribution >= 0.6 is 0 Å².